The second-order valence-electron chi connectivity index (χ2n) is 4.86. The van der Waals surface area contributed by atoms with Gasteiger partial charge >= 0.3 is 6.18 Å². The third kappa shape index (κ3) is 4.81. The Hall–Kier alpha value is -1.87. The van der Waals surface area contributed by atoms with E-state index in [0.29, 0.717) is 4.88 Å². The maximum absolute atomic E-state index is 12.5. The molecule has 4 nitrogen and oxygen atoms in total. The average Bonchev–Trinajstić information content (AvgIpc) is 2.93. The van der Waals surface area contributed by atoms with Crippen LogP contribution in [0.5, 0.6) is 0 Å². The van der Waals surface area contributed by atoms with Crippen LogP contribution in [0.3, 0.4) is 0 Å². The van der Waals surface area contributed by atoms with E-state index in [4.69, 9.17) is 0 Å². The van der Waals surface area contributed by atoms with E-state index in [1.165, 1.54) is 18.3 Å². The Morgan fingerprint density at radius 3 is 2.25 bits per heavy atom. The van der Waals surface area contributed by atoms with Crippen molar-refractivity contribution in [1.29, 1.82) is 0 Å². The second kappa shape index (κ2) is 7.35. The van der Waals surface area contributed by atoms with Crippen LogP contribution in [-0.4, -0.2) is 17.9 Å². The largest absolute Gasteiger partial charge is 0.416 e. The average molecular weight is 421 g/mol. The van der Waals surface area contributed by atoms with Crippen molar-refractivity contribution in [3.8, 4) is 0 Å². The predicted octanol–water partition coefficient (Wildman–Crippen LogP) is 4.29. The molecule has 2 rings (SSSR count). The Kier molecular flexibility index (Phi) is 5.66. The molecular weight excluding hydrogens is 409 g/mol. The first kappa shape index (κ1) is 18.5. The van der Waals surface area contributed by atoms with Gasteiger partial charge in [-0.05, 0) is 59.3 Å². The number of anilines is 1. The Morgan fingerprint density at radius 1 is 1.12 bits per heavy atom. The molecule has 0 bridgehead atoms. The van der Waals surface area contributed by atoms with Gasteiger partial charge in [0, 0.05) is 5.69 Å². The zero-order valence-corrected chi connectivity index (χ0v) is 14.7. The van der Waals surface area contributed by atoms with E-state index in [1.807, 2.05) is 0 Å². The molecule has 1 unspecified atom stereocenters. The van der Waals surface area contributed by atoms with Gasteiger partial charge in [-0.3, -0.25) is 9.59 Å². The molecule has 9 heteroatoms. The molecule has 0 aliphatic rings. The lowest BCUT2D eigenvalue weighted by Gasteiger charge is -2.14. The molecule has 24 heavy (non-hydrogen) atoms. The Morgan fingerprint density at radius 2 is 1.75 bits per heavy atom. The highest BCUT2D eigenvalue weighted by Crippen LogP contribution is 2.29. The number of halogens is 4. The maximum atomic E-state index is 12.5. The summed E-state index contributed by atoms with van der Waals surface area (Å²) in [5.74, 6) is -0.931. The molecule has 0 saturated heterocycles. The van der Waals surface area contributed by atoms with E-state index in [-0.39, 0.29) is 5.69 Å². The zero-order valence-electron chi connectivity index (χ0n) is 12.3. The molecule has 1 atom stereocenters. The molecule has 1 aromatic heterocycles. The normalized spacial score (nSPS) is 12.5. The lowest BCUT2D eigenvalue weighted by molar-refractivity contribution is -0.137. The van der Waals surface area contributed by atoms with E-state index in [9.17, 15) is 22.8 Å². The summed E-state index contributed by atoms with van der Waals surface area (Å²) < 4.78 is 38.2. The first-order chi connectivity index (χ1) is 11.2. The monoisotopic (exact) mass is 420 g/mol. The minimum atomic E-state index is -4.43. The van der Waals surface area contributed by atoms with Crippen LogP contribution in [0.25, 0.3) is 0 Å². The predicted molar refractivity (Wildman–Crippen MR) is 89.0 cm³/mol. The summed E-state index contributed by atoms with van der Waals surface area (Å²) in [5, 5.41) is 4.98. The van der Waals surface area contributed by atoms with Gasteiger partial charge in [-0.1, -0.05) is 0 Å². The summed E-state index contributed by atoms with van der Waals surface area (Å²) in [7, 11) is 0. The molecule has 0 aliphatic carbocycles. The smallest absolute Gasteiger partial charge is 0.340 e. The molecule has 0 spiro atoms. The molecule has 0 saturated carbocycles. The number of hydrogen-bond donors (Lipinski definition) is 2. The Labute approximate surface area is 148 Å². The van der Waals surface area contributed by atoms with Crippen molar-refractivity contribution >= 4 is 44.8 Å². The van der Waals surface area contributed by atoms with Gasteiger partial charge in [-0.2, -0.15) is 13.2 Å². The van der Waals surface area contributed by atoms with Crippen molar-refractivity contribution in [2.24, 2.45) is 0 Å². The quantitative estimate of drug-likeness (QED) is 0.774. The lowest BCUT2D eigenvalue weighted by atomic mass is 10.2. The SMILES string of the molecule is CC(NC(=O)c1ccc(Br)s1)C(=O)Nc1ccc(C(F)(F)F)cc1. The van der Waals surface area contributed by atoms with Crippen LogP contribution in [0.4, 0.5) is 18.9 Å². The molecule has 2 aromatic rings. The number of hydrogen-bond acceptors (Lipinski definition) is 3. The first-order valence-electron chi connectivity index (χ1n) is 6.71. The van der Waals surface area contributed by atoms with E-state index >= 15 is 0 Å². The van der Waals surface area contributed by atoms with Gasteiger partial charge in [0.15, 0.2) is 0 Å². The topological polar surface area (TPSA) is 58.2 Å². The molecule has 128 valence electrons. The molecule has 0 radical (unpaired) electrons. The van der Waals surface area contributed by atoms with Gasteiger partial charge in [0.1, 0.15) is 6.04 Å². The minimum Gasteiger partial charge on any atom is -0.340 e. The third-order valence-corrected chi connectivity index (χ3v) is 4.64. The number of rotatable bonds is 4. The van der Waals surface area contributed by atoms with E-state index in [1.54, 1.807) is 12.1 Å². The van der Waals surface area contributed by atoms with Gasteiger partial charge in [0.05, 0.1) is 14.2 Å². The van der Waals surface area contributed by atoms with Crippen LogP contribution in [0.1, 0.15) is 22.2 Å². The van der Waals surface area contributed by atoms with Gasteiger partial charge in [0.25, 0.3) is 5.91 Å². The first-order valence-corrected chi connectivity index (χ1v) is 8.32. The fraction of sp³-hybridized carbons (Fsp3) is 0.200. The highest BCUT2D eigenvalue weighted by molar-refractivity contribution is 9.11. The Balaban J connectivity index is 1.95. The number of carbonyl (C=O) groups is 2. The lowest BCUT2D eigenvalue weighted by Crippen LogP contribution is -2.41. The van der Waals surface area contributed by atoms with Gasteiger partial charge in [-0.15, -0.1) is 11.3 Å². The van der Waals surface area contributed by atoms with E-state index in [2.05, 4.69) is 26.6 Å². The summed E-state index contributed by atoms with van der Waals surface area (Å²) in [6.45, 7) is 1.49. The van der Waals surface area contributed by atoms with Crippen LogP contribution in [0.2, 0.25) is 0 Å². The van der Waals surface area contributed by atoms with E-state index in [0.717, 1.165) is 28.1 Å². The van der Waals surface area contributed by atoms with E-state index < -0.39 is 29.6 Å². The maximum Gasteiger partial charge on any atom is 0.416 e. The second-order valence-corrected chi connectivity index (χ2v) is 7.33. The number of thiophene rings is 1. The van der Waals surface area contributed by atoms with Crippen LogP contribution in [0, 0.1) is 0 Å². The molecule has 2 amide bonds. The van der Waals surface area contributed by atoms with Crippen LogP contribution in [0.15, 0.2) is 40.2 Å². The van der Waals surface area contributed by atoms with Crippen molar-refractivity contribution in [3.63, 3.8) is 0 Å². The van der Waals surface area contributed by atoms with Crippen molar-refractivity contribution < 1.29 is 22.8 Å². The molecule has 2 N–H and O–H groups in total. The highest BCUT2D eigenvalue weighted by atomic mass is 79.9. The minimum absolute atomic E-state index is 0.216. The number of carbonyl (C=O) groups excluding carboxylic acids is 2. The van der Waals surface area contributed by atoms with Crippen LogP contribution >= 0.6 is 27.3 Å². The van der Waals surface area contributed by atoms with Crippen LogP contribution in [-0.2, 0) is 11.0 Å². The van der Waals surface area contributed by atoms with Crippen LogP contribution < -0.4 is 10.6 Å². The summed E-state index contributed by atoms with van der Waals surface area (Å²) in [6, 6.07) is 6.55. The molecule has 0 aliphatic heterocycles. The fourth-order valence-corrected chi connectivity index (χ4v) is 3.05. The van der Waals surface area contributed by atoms with Crippen molar-refractivity contribution in [3.05, 3.63) is 50.6 Å². The van der Waals surface area contributed by atoms with Gasteiger partial charge in [-0.25, -0.2) is 0 Å². The number of nitrogens with one attached hydrogen (secondary N) is 2. The number of benzene rings is 1. The zero-order chi connectivity index (χ0) is 17.9. The standard InChI is InChI=1S/C15H12BrF3N2O2S/c1-8(20-14(23)11-6-7-12(16)24-11)13(22)21-10-4-2-9(3-5-10)15(17,18)19/h2-8H,1H3,(H,20,23)(H,21,22). The number of amides is 2. The van der Waals surface area contributed by atoms with Gasteiger partial charge in [0.2, 0.25) is 5.91 Å². The molecule has 0 fully saturated rings. The van der Waals surface area contributed by atoms with Crippen molar-refractivity contribution in [2.75, 3.05) is 5.32 Å². The summed E-state index contributed by atoms with van der Waals surface area (Å²) >= 11 is 4.46. The molecule has 1 heterocycles. The van der Waals surface area contributed by atoms with Crippen molar-refractivity contribution in [2.45, 2.75) is 19.1 Å². The number of alkyl halides is 3. The Bertz CT molecular complexity index is 744. The summed E-state index contributed by atoms with van der Waals surface area (Å²) in [6.07, 6.45) is -4.43. The van der Waals surface area contributed by atoms with Gasteiger partial charge < -0.3 is 10.6 Å². The summed E-state index contributed by atoms with van der Waals surface area (Å²) in [4.78, 5) is 24.4. The molecular formula is C15H12BrF3N2O2S. The van der Waals surface area contributed by atoms with Crippen molar-refractivity contribution in [1.82, 2.24) is 5.32 Å². The highest BCUT2D eigenvalue weighted by Gasteiger charge is 2.30. The molecule has 1 aromatic carbocycles. The summed E-state index contributed by atoms with van der Waals surface area (Å²) in [5.41, 5.74) is -0.585. The fourth-order valence-electron chi connectivity index (χ4n) is 1.76. The third-order valence-electron chi connectivity index (χ3n) is 3.02.